The van der Waals surface area contributed by atoms with Crippen LogP contribution in [0.4, 0.5) is 0 Å². The van der Waals surface area contributed by atoms with Gasteiger partial charge >= 0.3 is 0 Å². The van der Waals surface area contributed by atoms with Crippen LogP contribution in [0.15, 0.2) is 97.1 Å². The molecule has 2 aromatic carbocycles. The van der Waals surface area contributed by atoms with Crippen LogP contribution in [-0.4, -0.2) is 93.8 Å². The predicted octanol–water partition coefficient (Wildman–Crippen LogP) is 15.3. The van der Waals surface area contributed by atoms with E-state index in [1.807, 2.05) is 39.8 Å². The van der Waals surface area contributed by atoms with Crippen molar-refractivity contribution < 1.29 is 44.5 Å². The van der Waals surface area contributed by atoms with E-state index in [1.54, 1.807) is 12.2 Å². The molecule has 0 bridgehead atoms. The molecule has 69 heavy (non-hydrogen) atoms. The molecule has 3 aliphatic heterocycles. The number of benzene rings is 2. The minimum absolute atomic E-state index is 0. The molecular formula is C59H120O9Si. The summed E-state index contributed by atoms with van der Waals surface area (Å²) in [6, 6.07) is 21.7. The fourth-order valence-electron chi connectivity index (χ4n) is 8.97. The molecule has 8 rings (SSSR count). The zero-order valence-electron chi connectivity index (χ0n) is 35.1. The summed E-state index contributed by atoms with van der Waals surface area (Å²) >= 11 is 0. The number of rotatable bonds is 4. The second-order valence-electron chi connectivity index (χ2n) is 19.2. The highest BCUT2D eigenvalue weighted by atomic mass is 28.4. The third-order valence-corrected chi connectivity index (χ3v) is 17.1. The van der Waals surface area contributed by atoms with Gasteiger partial charge in [-0.3, -0.25) is 0 Å². The summed E-state index contributed by atoms with van der Waals surface area (Å²) in [7, 11) is -2.61. The molecule has 3 heterocycles. The van der Waals surface area contributed by atoms with Crippen LogP contribution in [0, 0.1) is 16.2 Å². The van der Waals surface area contributed by atoms with Gasteiger partial charge in [0.15, 0.2) is 17.4 Å². The quantitative estimate of drug-likeness (QED) is 0.229. The average molecular weight is 1000 g/mol. The predicted molar refractivity (Wildman–Crippen MR) is 311 cm³/mol. The first kappa shape index (κ1) is 83.4. The minimum Gasteiger partial charge on any atom is -0.401 e. The maximum Gasteiger partial charge on any atom is 0.261 e. The molecular weight excluding hydrogens is 881 g/mol. The van der Waals surface area contributed by atoms with Crippen LogP contribution in [0.3, 0.4) is 0 Å². The van der Waals surface area contributed by atoms with Crippen LogP contribution in [0.25, 0.3) is 0 Å². The van der Waals surface area contributed by atoms with Gasteiger partial charge in [0.1, 0.15) is 0 Å². The Balaban J connectivity index is -0.000000115. The van der Waals surface area contributed by atoms with Crippen molar-refractivity contribution in [2.24, 2.45) is 16.2 Å². The molecule has 6 aliphatic rings. The lowest BCUT2D eigenvalue weighted by atomic mass is 9.76. The van der Waals surface area contributed by atoms with Gasteiger partial charge in [-0.25, -0.2) is 0 Å². The van der Waals surface area contributed by atoms with Crippen molar-refractivity contribution >= 4 is 18.7 Å². The van der Waals surface area contributed by atoms with Crippen LogP contribution in [0.5, 0.6) is 0 Å². The molecule has 0 aromatic heterocycles. The molecule has 0 amide bonds. The largest absolute Gasteiger partial charge is 0.401 e. The van der Waals surface area contributed by atoms with E-state index in [9.17, 15) is 10.2 Å². The average Bonchev–Trinajstić information content (AvgIpc) is 3.91. The fourth-order valence-corrected chi connectivity index (χ4v) is 13.8. The van der Waals surface area contributed by atoms with Gasteiger partial charge in [-0.15, -0.1) is 0 Å². The first-order valence-corrected chi connectivity index (χ1v) is 22.2. The second-order valence-corrected chi connectivity index (χ2v) is 23.4. The number of aliphatic hydroxyl groups excluding tert-OH is 2. The molecule has 3 aliphatic carbocycles. The van der Waals surface area contributed by atoms with Crippen LogP contribution >= 0.6 is 0 Å². The van der Waals surface area contributed by atoms with Crippen LogP contribution < -0.4 is 10.4 Å². The summed E-state index contributed by atoms with van der Waals surface area (Å²) < 4.78 is 41.5. The standard InChI is InChI=1S/C26H34O3Si.2C10H16O3.13CH4.H2/c1-24(2,3)30(21-12-8-6-9-13-21,22-14-10-7-11-15-22)29-23-16-17-26(20-25(23,4)5)27-18-19-28-26;2*1-9(2)7-10(4-3-8(9)11)12-5-6-13-10;;;;;;;;;;;;;;/h6-17,23H,18-20H2,1-5H3;2*3-4,8,11H,5-7H2,1-2H3;13*1H4;1H/t23-;2*8-;;;;;;;;;;;;;;/m111............../s1. The molecule has 0 saturated carbocycles. The Kier molecular flexibility index (Phi) is 38.5. The summed E-state index contributed by atoms with van der Waals surface area (Å²) in [5.74, 6) is -1.69. The lowest BCUT2D eigenvalue weighted by Crippen LogP contribution is -2.68. The Hall–Kier alpha value is -2.48. The van der Waals surface area contributed by atoms with Gasteiger partial charge < -0.3 is 43.1 Å². The lowest BCUT2D eigenvalue weighted by molar-refractivity contribution is -0.157. The van der Waals surface area contributed by atoms with Crippen molar-refractivity contribution in [3.8, 4) is 0 Å². The first-order chi connectivity index (χ1) is 26.3. The highest BCUT2D eigenvalue weighted by Gasteiger charge is 2.55. The topological polar surface area (TPSA) is 105 Å². The Labute approximate surface area is 433 Å². The summed E-state index contributed by atoms with van der Waals surface area (Å²) in [5, 5.41) is 21.9. The molecule has 3 saturated heterocycles. The molecule has 0 radical (unpaired) electrons. The van der Waals surface area contributed by atoms with Crippen molar-refractivity contribution in [2.45, 2.75) is 219 Å². The molecule has 9 nitrogen and oxygen atoms in total. The maximum atomic E-state index is 9.68. The highest BCUT2D eigenvalue weighted by Crippen LogP contribution is 2.47. The minimum atomic E-state index is -2.61. The van der Waals surface area contributed by atoms with Gasteiger partial charge in [-0.05, 0) is 49.9 Å². The summed E-state index contributed by atoms with van der Waals surface area (Å²) in [4.78, 5) is 0. The Bertz CT molecular complexity index is 1600. The summed E-state index contributed by atoms with van der Waals surface area (Å²) in [5.41, 5.74) is -0.454. The van der Waals surface area contributed by atoms with Gasteiger partial charge in [0.2, 0.25) is 0 Å². The maximum absolute atomic E-state index is 9.68. The van der Waals surface area contributed by atoms with E-state index in [4.69, 9.17) is 32.8 Å². The van der Waals surface area contributed by atoms with Crippen molar-refractivity contribution in [3.63, 3.8) is 0 Å². The zero-order chi connectivity index (χ0) is 40.5. The first-order valence-electron chi connectivity index (χ1n) is 20.3. The van der Waals surface area contributed by atoms with Gasteiger partial charge in [-0.2, -0.15) is 0 Å². The molecule has 10 heteroatoms. The number of aliphatic hydroxyl groups is 2. The SMILES string of the molecule is C.C.C.C.C.C.C.C.C.C.C.C.C.CC1(C)CC2(C=C[C@H]1O)OCCO2.CC1(C)CC2(C=C[C@H]1O)OCCO2.CC1(C)CC2(C=C[C@H]1O[Si](c1ccccc1)(c1ccccc1)C(C)(C)C)OCCO2.[HH]. The number of ether oxygens (including phenoxy) is 6. The van der Waals surface area contributed by atoms with Crippen LogP contribution in [0.1, 0.15) is 180 Å². The van der Waals surface area contributed by atoms with E-state index in [-0.39, 0.29) is 125 Å². The molecule has 3 fully saturated rings. The molecule has 3 spiro atoms. The Morgan fingerprint density at radius 1 is 0.449 bits per heavy atom. The summed E-state index contributed by atoms with van der Waals surface area (Å²) in [6.07, 6.45) is 12.9. The molecule has 3 atom stereocenters. The molecule has 2 aromatic rings. The number of hydrogen-bond donors (Lipinski definition) is 2. The highest BCUT2D eigenvalue weighted by molar-refractivity contribution is 6.99. The van der Waals surface area contributed by atoms with Crippen molar-refractivity contribution in [3.05, 3.63) is 97.1 Å². The molecule has 0 unspecified atom stereocenters. The Morgan fingerprint density at radius 2 is 0.710 bits per heavy atom. The van der Waals surface area contributed by atoms with E-state index in [1.165, 1.54) is 10.4 Å². The normalized spacial score (nSPS) is 23.4. The van der Waals surface area contributed by atoms with Gasteiger partial charge in [0, 0.05) is 20.7 Å². The van der Waals surface area contributed by atoms with Crippen molar-refractivity contribution in [1.82, 2.24) is 0 Å². The smallest absolute Gasteiger partial charge is 0.261 e. The number of hydrogen-bond acceptors (Lipinski definition) is 9. The van der Waals surface area contributed by atoms with Gasteiger partial charge in [-0.1, -0.05) is 238 Å². The Morgan fingerprint density at radius 3 is 0.957 bits per heavy atom. The van der Waals surface area contributed by atoms with Crippen LogP contribution in [-0.2, 0) is 32.8 Å². The second kappa shape index (κ2) is 31.9. The lowest BCUT2D eigenvalue weighted by Gasteiger charge is -2.50. The van der Waals surface area contributed by atoms with Crippen molar-refractivity contribution in [2.75, 3.05) is 39.6 Å². The van der Waals surface area contributed by atoms with E-state index in [2.05, 4.69) is 107 Å². The van der Waals surface area contributed by atoms with E-state index in [0.29, 0.717) is 39.6 Å². The van der Waals surface area contributed by atoms with Gasteiger partial charge in [0.25, 0.3) is 8.32 Å². The zero-order valence-corrected chi connectivity index (χ0v) is 36.1. The monoisotopic (exact) mass is 1000 g/mol. The molecule has 414 valence electrons. The fraction of sp³-hybridized carbons (Fsp3) is 0.695. The van der Waals surface area contributed by atoms with Crippen LogP contribution in [0.2, 0.25) is 5.04 Å². The van der Waals surface area contributed by atoms with E-state index in [0.717, 1.165) is 19.3 Å². The van der Waals surface area contributed by atoms with Gasteiger partial charge in [0.05, 0.1) is 58.0 Å². The van der Waals surface area contributed by atoms with E-state index >= 15 is 0 Å². The van der Waals surface area contributed by atoms with E-state index < -0.39 is 37.9 Å². The third kappa shape index (κ3) is 18.2. The van der Waals surface area contributed by atoms with Crippen molar-refractivity contribution in [1.29, 1.82) is 0 Å². The summed E-state index contributed by atoms with van der Waals surface area (Å²) in [6.45, 7) is 23.5. The molecule has 2 N–H and O–H groups in total. The third-order valence-electron chi connectivity index (χ3n) is 12.1.